The number of anilines is 1. The van der Waals surface area contributed by atoms with E-state index in [0.717, 1.165) is 31.1 Å². The summed E-state index contributed by atoms with van der Waals surface area (Å²) in [4.78, 5) is 12.3. The monoisotopic (exact) mass is 306 g/mol. The van der Waals surface area contributed by atoms with E-state index in [4.69, 9.17) is 0 Å². The second-order valence-corrected chi connectivity index (χ2v) is 8.25. The molecule has 2 amide bonds. The van der Waals surface area contributed by atoms with Crippen LogP contribution in [0.2, 0.25) is 0 Å². The fraction of sp³-hybridized carbons (Fsp3) is 0.800. The number of hydrogen-bond donors (Lipinski definition) is 2. The van der Waals surface area contributed by atoms with E-state index in [-0.39, 0.29) is 11.6 Å². The average Bonchev–Trinajstić information content (AvgIpc) is 2.89. The molecule has 1 heterocycles. The lowest BCUT2D eigenvalue weighted by Gasteiger charge is -2.62. The Kier molecular flexibility index (Phi) is 3.00. The average molecular weight is 306 g/mol. The van der Waals surface area contributed by atoms with Crippen molar-refractivity contribution in [3.63, 3.8) is 0 Å². The van der Waals surface area contributed by atoms with Gasteiger partial charge in [-0.1, -0.05) is 24.7 Å². The Morgan fingerprint density at radius 2 is 2.14 bits per heavy atom. The number of amides is 2. The third kappa shape index (κ3) is 2.33. The maximum atomic E-state index is 12.3. The minimum absolute atomic E-state index is 0.0227. The van der Waals surface area contributed by atoms with Gasteiger partial charge < -0.3 is 5.32 Å². The molecule has 21 heavy (non-hydrogen) atoms. The number of rotatable bonds is 3. The van der Waals surface area contributed by atoms with Gasteiger partial charge in [-0.3, -0.25) is 5.32 Å². The summed E-state index contributed by atoms with van der Waals surface area (Å²) in [5, 5.41) is 14.3. The molecule has 0 aromatic carbocycles. The summed E-state index contributed by atoms with van der Waals surface area (Å²) in [5.74, 6) is 1.63. The molecule has 4 saturated carbocycles. The maximum absolute atomic E-state index is 12.3. The second kappa shape index (κ2) is 4.66. The van der Waals surface area contributed by atoms with Crippen LogP contribution >= 0.6 is 11.3 Å². The molecule has 1 aromatic rings. The summed E-state index contributed by atoms with van der Waals surface area (Å²) in [5.41, 5.74) is 2.14. The number of urea groups is 1. The molecule has 5 rings (SSSR count). The summed E-state index contributed by atoms with van der Waals surface area (Å²) in [6.07, 6.45) is 8.87. The van der Waals surface area contributed by atoms with Crippen LogP contribution in [-0.2, 0) is 0 Å². The van der Waals surface area contributed by atoms with Gasteiger partial charge in [0.05, 0.1) is 0 Å². The Balaban J connectivity index is 1.50. The summed E-state index contributed by atoms with van der Waals surface area (Å²) in [6.45, 7) is 2.32. The van der Waals surface area contributed by atoms with Crippen LogP contribution in [0.15, 0.2) is 5.51 Å². The maximum Gasteiger partial charge on any atom is 0.321 e. The normalized spacial score (nSPS) is 40.2. The van der Waals surface area contributed by atoms with E-state index in [1.54, 1.807) is 5.51 Å². The van der Waals surface area contributed by atoms with Gasteiger partial charge in [-0.15, -0.1) is 10.2 Å². The highest BCUT2D eigenvalue weighted by Gasteiger charge is 2.57. The van der Waals surface area contributed by atoms with Crippen LogP contribution in [0.1, 0.15) is 51.9 Å². The van der Waals surface area contributed by atoms with Crippen molar-refractivity contribution in [2.24, 2.45) is 17.3 Å². The Morgan fingerprint density at radius 3 is 2.76 bits per heavy atom. The number of carbonyl (C=O) groups is 1. The van der Waals surface area contributed by atoms with E-state index in [9.17, 15) is 4.79 Å². The standard InChI is InChI=1S/C15H22N4OS/c1-2-14-4-10-3-11(5-14)7-15(6-10,8-14)18-12(20)17-13-19-16-9-21-13/h9-11H,2-8H2,1H3,(H2,17,18,19,20). The first-order chi connectivity index (χ1) is 10.1. The van der Waals surface area contributed by atoms with Gasteiger partial charge >= 0.3 is 6.03 Å². The highest BCUT2D eigenvalue weighted by atomic mass is 32.1. The van der Waals surface area contributed by atoms with E-state index < -0.39 is 0 Å². The van der Waals surface area contributed by atoms with Gasteiger partial charge in [-0.2, -0.15) is 0 Å². The lowest BCUT2D eigenvalue weighted by atomic mass is 9.46. The molecule has 0 spiro atoms. The van der Waals surface area contributed by atoms with Crippen LogP contribution in [0.5, 0.6) is 0 Å². The zero-order valence-corrected chi connectivity index (χ0v) is 13.2. The molecular weight excluding hydrogens is 284 g/mol. The summed E-state index contributed by atoms with van der Waals surface area (Å²) in [6, 6.07) is -0.111. The predicted octanol–water partition coefficient (Wildman–Crippen LogP) is 3.41. The predicted molar refractivity (Wildman–Crippen MR) is 82.2 cm³/mol. The quantitative estimate of drug-likeness (QED) is 0.899. The molecule has 2 atom stereocenters. The number of hydrogen-bond acceptors (Lipinski definition) is 4. The van der Waals surface area contributed by atoms with Crippen molar-refractivity contribution in [2.45, 2.75) is 57.4 Å². The Hall–Kier alpha value is -1.17. The van der Waals surface area contributed by atoms with E-state index in [1.165, 1.54) is 37.0 Å². The van der Waals surface area contributed by atoms with Crippen LogP contribution in [0, 0.1) is 17.3 Å². The molecule has 114 valence electrons. The minimum atomic E-state index is -0.111. The van der Waals surface area contributed by atoms with Crippen molar-refractivity contribution in [3.8, 4) is 0 Å². The number of nitrogens with one attached hydrogen (secondary N) is 2. The van der Waals surface area contributed by atoms with Crippen LogP contribution < -0.4 is 10.6 Å². The number of aromatic nitrogens is 2. The zero-order chi connectivity index (χ0) is 14.5. The molecular formula is C15H22N4OS. The first-order valence-electron chi connectivity index (χ1n) is 7.96. The summed E-state index contributed by atoms with van der Waals surface area (Å²) in [7, 11) is 0. The van der Waals surface area contributed by atoms with Gasteiger partial charge in [-0.25, -0.2) is 4.79 Å². The number of nitrogens with zero attached hydrogens (tertiary/aromatic N) is 2. The fourth-order valence-corrected chi connectivity index (χ4v) is 6.05. The second-order valence-electron chi connectivity index (χ2n) is 7.42. The van der Waals surface area contributed by atoms with Crippen molar-refractivity contribution in [1.29, 1.82) is 0 Å². The highest BCUT2D eigenvalue weighted by molar-refractivity contribution is 7.13. The molecule has 4 bridgehead atoms. The first-order valence-corrected chi connectivity index (χ1v) is 8.84. The van der Waals surface area contributed by atoms with Crippen molar-refractivity contribution in [2.75, 3.05) is 5.32 Å². The van der Waals surface area contributed by atoms with Gasteiger partial charge in [0.25, 0.3) is 0 Å². The topological polar surface area (TPSA) is 66.9 Å². The van der Waals surface area contributed by atoms with Crippen LogP contribution in [-0.4, -0.2) is 21.8 Å². The van der Waals surface area contributed by atoms with E-state index in [1.807, 2.05) is 0 Å². The van der Waals surface area contributed by atoms with Crippen molar-refractivity contribution >= 4 is 22.5 Å². The molecule has 0 saturated heterocycles. The van der Waals surface area contributed by atoms with Crippen molar-refractivity contribution in [3.05, 3.63) is 5.51 Å². The first kappa shape index (κ1) is 13.5. The lowest BCUT2D eigenvalue weighted by molar-refractivity contribution is -0.0779. The van der Waals surface area contributed by atoms with Gasteiger partial charge in [0, 0.05) is 5.54 Å². The SMILES string of the molecule is CCC12CC3CC(C1)CC(NC(=O)Nc1nncs1)(C3)C2. The van der Waals surface area contributed by atoms with Gasteiger partial charge in [0.2, 0.25) is 5.13 Å². The summed E-state index contributed by atoms with van der Waals surface area (Å²) < 4.78 is 0. The molecule has 6 heteroatoms. The Morgan fingerprint density at radius 1 is 1.38 bits per heavy atom. The van der Waals surface area contributed by atoms with E-state index in [2.05, 4.69) is 27.8 Å². The largest absolute Gasteiger partial charge is 0.332 e. The van der Waals surface area contributed by atoms with Gasteiger partial charge in [0.1, 0.15) is 5.51 Å². The molecule has 0 aliphatic heterocycles. The molecule has 2 unspecified atom stereocenters. The van der Waals surface area contributed by atoms with Crippen molar-refractivity contribution < 1.29 is 4.79 Å². The smallest absolute Gasteiger partial charge is 0.321 e. The highest BCUT2D eigenvalue weighted by Crippen LogP contribution is 2.62. The zero-order valence-electron chi connectivity index (χ0n) is 12.4. The molecule has 1 aromatic heterocycles. The molecule has 4 aliphatic carbocycles. The minimum Gasteiger partial charge on any atom is -0.332 e. The van der Waals surface area contributed by atoms with Crippen LogP contribution in [0.25, 0.3) is 0 Å². The molecule has 5 nitrogen and oxygen atoms in total. The van der Waals surface area contributed by atoms with E-state index in [0.29, 0.717) is 10.5 Å². The molecule has 4 fully saturated rings. The molecule has 2 N–H and O–H groups in total. The van der Waals surface area contributed by atoms with E-state index >= 15 is 0 Å². The molecule has 0 radical (unpaired) electrons. The van der Waals surface area contributed by atoms with Crippen LogP contribution in [0.4, 0.5) is 9.93 Å². The fourth-order valence-electron chi connectivity index (χ4n) is 5.61. The van der Waals surface area contributed by atoms with Crippen molar-refractivity contribution in [1.82, 2.24) is 15.5 Å². The third-order valence-electron chi connectivity index (χ3n) is 5.89. The Bertz CT molecular complexity index is 530. The Labute approximate surface area is 128 Å². The molecule has 4 aliphatic rings. The number of carbonyl (C=O) groups excluding carboxylic acids is 1. The lowest BCUT2D eigenvalue weighted by Crippen LogP contribution is -2.63. The summed E-state index contributed by atoms with van der Waals surface area (Å²) >= 11 is 1.35. The third-order valence-corrected chi connectivity index (χ3v) is 6.50. The van der Waals surface area contributed by atoms with Gasteiger partial charge in [-0.05, 0) is 55.8 Å². The van der Waals surface area contributed by atoms with Gasteiger partial charge in [0.15, 0.2) is 0 Å². The van der Waals surface area contributed by atoms with Crippen LogP contribution in [0.3, 0.4) is 0 Å².